The van der Waals surface area contributed by atoms with E-state index in [1.165, 1.54) is 18.2 Å². The minimum Gasteiger partial charge on any atom is -0.396 e. The number of rotatable bonds is 3. The third-order valence-electron chi connectivity index (χ3n) is 4.98. The van der Waals surface area contributed by atoms with Crippen molar-refractivity contribution >= 4 is 16.3 Å². The summed E-state index contributed by atoms with van der Waals surface area (Å²) >= 11 is 0. The predicted octanol–water partition coefficient (Wildman–Crippen LogP) is 3.77. The number of hydrogen-bond donors (Lipinski definition) is 3. The molecule has 4 nitrogen and oxygen atoms in total. The van der Waals surface area contributed by atoms with Crippen LogP contribution in [-0.2, 0) is 6.18 Å². The van der Waals surface area contributed by atoms with E-state index in [-0.39, 0.29) is 23.8 Å². The number of H-pyrrole nitrogens is 1. The molecule has 0 unspecified atom stereocenters. The van der Waals surface area contributed by atoms with Crippen molar-refractivity contribution in [2.24, 2.45) is 5.92 Å². The normalized spacial score (nSPS) is 16.9. The molecule has 1 aliphatic rings. The maximum atomic E-state index is 13.3. The van der Waals surface area contributed by atoms with Crippen LogP contribution in [0.5, 0.6) is 0 Å². The van der Waals surface area contributed by atoms with E-state index < -0.39 is 17.3 Å². The van der Waals surface area contributed by atoms with Crippen molar-refractivity contribution < 1.29 is 18.3 Å². The van der Waals surface area contributed by atoms with E-state index in [0.29, 0.717) is 17.3 Å². The summed E-state index contributed by atoms with van der Waals surface area (Å²) in [6.07, 6.45) is -2.71. The summed E-state index contributed by atoms with van der Waals surface area (Å²) in [7, 11) is 0. The zero-order chi connectivity index (χ0) is 19.9. The predicted molar refractivity (Wildman–Crippen MR) is 102 cm³/mol. The Labute approximate surface area is 158 Å². The smallest absolute Gasteiger partial charge is 0.396 e. The number of aromatic nitrogens is 1. The monoisotopic (exact) mass is 386 g/mol. The number of aromatic amines is 1. The van der Waals surface area contributed by atoms with Gasteiger partial charge < -0.3 is 15.4 Å². The molecule has 1 aliphatic heterocycles. The minimum atomic E-state index is -4.52. The number of fused-ring (bicyclic) bond motifs is 1. The van der Waals surface area contributed by atoms with Gasteiger partial charge in [0.1, 0.15) is 0 Å². The Balaban J connectivity index is 1.84. The van der Waals surface area contributed by atoms with E-state index in [4.69, 9.17) is 0 Å². The standard InChI is InChI=1S/C21H17F3N2O2/c22-21(23,24)18-4-2-1-3-15(18)19-8-13-6-5-12(7-16(13)20(28)26-19)17-10-25-9-14(17)11-27/h1-8,10,14,25,27H,9,11H2,(H,26,28)/t14-/m1/s1. The number of benzene rings is 2. The number of nitrogens with one attached hydrogen (secondary N) is 2. The van der Waals surface area contributed by atoms with E-state index in [2.05, 4.69) is 10.3 Å². The molecule has 0 amide bonds. The van der Waals surface area contributed by atoms with Crippen molar-refractivity contribution in [3.8, 4) is 11.3 Å². The van der Waals surface area contributed by atoms with Crippen molar-refractivity contribution in [2.45, 2.75) is 6.18 Å². The van der Waals surface area contributed by atoms with Gasteiger partial charge >= 0.3 is 6.18 Å². The van der Waals surface area contributed by atoms with Crippen LogP contribution in [0.25, 0.3) is 27.6 Å². The Hall–Kier alpha value is -3.06. The van der Waals surface area contributed by atoms with Gasteiger partial charge in [0, 0.05) is 35.3 Å². The van der Waals surface area contributed by atoms with Gasteiger partial charge in [0.25, 0.3) is 5.56 Å². The fourth-order valence-corrected chi connectivity index (χ4v) is 3.57. The van der Waals surface area contributed by atoms with Crippen LogP contribution >= 0.6 is 0 Å². The van der Waals surface area contributed by atoms with Crippen molar-refractivity contribution in [3.05, 3.63) is 76.2 Å². The number of halogens is 3. The molecule has 144 valence electrons. The van der Waals surface area contributed by atoms with E-state index in [9.17, 15) is 23.1 Å². The average molecular weight is 386 g/mol. The molecule has 3 N–H and O–H groups in total. The molecule has 2 aromatic carbocycles. The SMILES string of the molecule is O=c1[nH]c(-c2ccccc2C(F)(F)F)cc2ccc(C3=CNC[C@@H]3CO)cc12. The molecular weight excluding hydrogens is 369 g/mol. The Bertz CT molecular complexity index is 1130. The molecule has 1 atom stereocenters. The molecule has 0 saturated carbocycles. The van der Waals surface area contributed by atoms with Gasteiger partial charge in [-0.1, -0.05) is 30.3 Å². The van der Waals surface area contributed by atoms with Gasteiger partial charge in [0.15, 0.2) is 0 Å². The van der Waals surface area contributed by atoms with Crippen molar-refractivity contribution in [3.63, 3.8) is 0 Å². The highest BCUT2D eigenvalue weighted by atomic mass is 19.4. The average Bonchev–Trinajstić information content (AvgIpc) is 3.16. The number of aliphatic hydroxyl groups is 1. The molecule has 0 fully saturated rings. The summed E-state index contributed by atoms with van der Waals surface area (Å²) < 4.78 is 40.0. The van der Waals surface area contributed by atoms with E-state index in [1.54, 1.807) is 18.2 Å². The Morgan fingerprint density at radius 3 is 2.64 bits per heavy atom. The van der Waals surface area contributed by atoms with Crippen LogP contribution < -0.4 is 10.9 Å². The van der Waals surface area contributed by atoms with Gasteiger partial charge in [0.05, 0.1) is 12.2 Å². The highest BCUT2D eigenvalue weighted by Gasteiger charge is 2.33. The quantitative estimate of drug-likeness (QED) is 0.642. The fraction of sp³-hybridized carbons (Fsp3) is 0.190. The first kappa shape index (κ1) is 18.3. The third kappa shape index (κ3) is 3.18. The second-order valence-corrected chi connectivity index (χ2v) is 6.74. The van der Waals surface area contributed by atoms with Gasteiger partial charge in [-0.3, -0.25) is 4.79 Å². The lowest BCUT2D eigenvalue weighted by Crippen LogP contribution is -2.14. The highest BCUT2D eigenvalue weighted by Crippen LogP contribution is 2.36. The molecular formula is C21H17F3N2O2. The first-order valence-electron chi connectivity index (χ1n) is 8.77. The summed E-state index contributed by atoms with van der Waals surface area (Å²) in [6, 6.07) is 11.9. The van der Waals surface area contributed by atoms with Gasteiger partial charge in [-0.2, -0.15) is 13.2 Å². The summed E-state index contributed by atoms with van der Waals surface area (Å²) in [6.45, 7) is 0.605. The zero-order valence-corrected chi connectivity index (χ0v) is 14.7. The summed E-state index contributed by atoms with van der Waals surface area (Å²) in [5.41, 5.74) is 0.489. The van der Waals surface area contributed by atoms with Gasteiger partial charge in [-0.15, -0.1) is 0 Å². The number of hydrogen-bond acceptors (Lipinski definition) is 3. The number of alkyl halides is 3. The molecule has 1 aromatic heterocycles. The Kier molecular flexibility index (Phi) is 4.47. The number of aliphatic hydroxyl groups excluding tert-OH is 1. The maximum Gasteiger partial charge on any atom is 0.417 e. The van der Waals surface area contributed by atoms with Crippen LogP contribution in [0, 0.1) is 5.92 Å². The fourth-order valence-electron chi connectivity index (χ4n) is 3.57. The second-order valence-electron chi connectivity index (χ2n) is 6.74. The molecule has 0 aliphatic carbocycles. The second kappa shape index (κ2) is 6.83. The first-order valence-corrected chi connectivity index (χ1v) is 8.77. The van der Waals surface area contributed by atoms with Crippen LogP contribution in [0.15, 0.2) is 59.5 Å². The molecule has 4 rings (SSSR count). The molecule has 0 spiro atoms. The molecule has 7 heteroatoms. The van der Waals surface area contributed by atoms with E-state index in [1.807, 2.05) is 12.3 Å². The van der Waals surface area contributed by atoms with E-state index in [0.717, 1.165) is 17.2 Å². The summed E-state index contributed by atoms with van der Waals surface area (Å²) in [5.74, 6) is -0.0607. The molecule has 28 heavy (non-hydrogen) atoms. The maximum absolute atomic E-state index is 13.3. The minimum absolute atomic E-state index is 0.0135. The molecule has 3 aromatic rings. The van der Waals surface area contributed by atoms with Crippen molar-refractivity contribution in [1.82, 2.24) is 10.3 Å². The van der Waals surface area contributed by atoms with E-state index >= 15 is 0 Å². The molecule has 2 heterocycles. The molecule has 0 radical (unpaired) electrons. The van der Waals surface area contributed by atoms with Crippen LogP contribution in [0.3, 0.4) is 0 Å². The van der Waals surface area contributed by atoms with Crippen LogP contribution in [-0.4, -0.2) is 23.2 Å². The van der Waals surface area contributed by atoms with Crippen molar-refractivity contribution in [1.29, 1.82) is 0 Å². The lowest BCUT2D eigenvalue weighted by molar-refractivity contribution is -0.137. The van der Waals surface area contributed by atoms with Crippen LogP contribution in [0.4, 0.5) is 13.2 Å². The largest absolute Gasteiger partial charge is 0.417 e. The number of pyridine rings is 1. The Morgan fingerprint density at radius 1 is 1.11 bits per heavy atom. The van der Waals surface area contributed by atoms with Crippen LogP contribution in [0.2, 0.25) is 0 Å². The van der Waals surface area contributed by atoms with Crippen LogP contribution in [0.1, 0.15) is 11.1 Å². The summed E-state index contributed by atoms with van der Waals surface area (Å²) in [5, 5.41) is 13.5. The molecule has 0 bridgehead atoms. The molecule has 0 saturated heterocycles. The zero-order valence-electron chi connectivity index (χ0n) is 14.7. The lowest BCUT2D eigenvalue weighted by atomic mass is 9.94. The third-order valence-corrected chi connectivity index (χ3v) is 4.98. The van der Waals surface area contributed by atoms with Crippen molar-refractivity contribution in [2.75, 3.05) is 13.2 Å². The Morgan fingerprint density at radius 2 is 1.89 bits per heavy atom. The topological polar surface area (TPSA) is 65.1 Å². The highest BCUT2D eigenvalue weighted by molar-refractivity contribution is 5.89. The lowest BCUT2D eigenvalue weighted by Gasteiger charge is -2.14. The van der Waals surface area contributed by atoms with Gasteiger partial charge in [-0.25, -0.2) is 0 Å². The first-order chi connectivity index (χ1) is 13.4. The summed E-state index contributed by atoms with van der Waals surface area (Å²) in [4.78, 5) is 15.2. The van der Waals surface area contributed by atoms with Gasteiger partial charge in [-0.05, 0) is 34.7 Å². The van der Waals surface area contributed by atoms with Gasteiger partial charge in [0.2, 0.25) is 0 Å².